The Morgan fingerprint density at radius 1 is 1.46 bits per heavy atom. The Morgan fingerprint density at radius 3 is 2.75 bits per heavy atom. The molecule has 0 aliphatic carbocycles. The number of methoxy groups -OCH3 is 1. The molecule has 6 nitrogen and oxygen atoms in total. The minimum atomic E-state index is -0.975. The molecule has 0 amide bonds. The van der Waals surface area contributed by atoms with Crippen LogP contribution in [0.25, 0.3) is 11.1 Å². The summed E-state index contributed by atoms with van der Waals surface area (Å²) in [4.78, 5) is 15.0. The molecule has 124 valence electrons. The van der Waals surface area contributed by atoms with E-state index in [4.69, 9.17) is 15.6 Å². The lowest BCUT2D eigenvalue weighted by molar-refractivity contribution is -0.137. The van der Waals surface area contributed by atoms with E-state index in [1.807, 2.05) is 6.07 Å². The van der Waals surface area contributed by atoms with Crippen LogP contribution in [0.4, 0.5) is 10.2 Å². The van der Waals surface area contributed by atoms with Crippen molar-refractivity contribution in [3.63, 3.8) is 0 Å². The number of aromatic nitrogens is 1. The molecular formula is C17H16FN3O3. The zero-order chi connectivity index (χ0) is 17.9. The summed E-state index contributed by atoms with van der Waals surface area (Å²) in [6, 6.07) is 7.44. The van der Waals surface area contributed by atoms with Crippen molar-refractivity contribution in [2.45, 2.75) is 19.3 Å². The molecule has 2 rings (SSSR count). The second-order valence-electron chi connectivity index (χ2n) is 5.31. The number of hydrogen-bond acceptors (Lipinski definition) is 5. The number of nitrogen functional groups attached to an aromatic ring is 1. The van der Waals surface area contributed by atoms with E-state index in [2.05, 4.69) is 4.98 Å². The lowest BCUT2D eigenvalue weighted by Crippen LogP contribution is -2.08. The normalized spacial score (nSPS) is 11.6. The van der Waals surface area contributed by atoms with Gasteiger partial charge in [0.05, 0.1) is 13.5 Å². The largest absolute Gasteiger partial charge is 0.496 e. The summed E-state index contributed by atoms with van der Waals surface area (Å²) >= 11 is 0. The second kappa shape index (κ2) is 6.96. The lowest BCUT2D eigenvalue weighted by atomic mass is 9.95. The van der Waals surface area contributed by atoms with E-state index in [1.54, 1.807) is 13.0 Å². The minimum Gasteiger partial charge on any atom is -0.496 e. The van der Waals surface area contributed by atoms with E-state index in [1.165, 1.54) is 25.3 Å². The molecule has 1 unspecified atom stereocenters. The van der Waals surface area contributed by atoms with Gasteiger partial charge >= 0.3 is 5.97 Å². The maximum Gasteiger partial charge on any atom is 0.304 e. The number of ether oxygens (including phenoxy) is 1. The van der Waals surface area contributed by atoms with Crippen LogP contribution in [0.5, 0.6) is 5.75 Å². The van der Waals surface area contributed by atoms with Gasteiger partial charge in [0.15, 0.2) is 0 Å². The smallest absolute Gasteiger partial charge is 0.304 e. The van der Waals surface area contributed by atoms with Crippen LogP contribution in [0.15, 0.2) is 24.3 Å². The number of halogens is 1. The number of nitriles is 1. The first-order chi connectivity index (χ1) is 11.4. The molecule has 0 bridgehead atoms. The highest BCUT2D eigenvalue weighted by atomic mass is 19.1. The Labute approximate surface area is 138 Å². The van der Waals surface area contributed by atoms with E-state index >= 15 is 0 Å². The first-order valence-corrected chi connectivity index (χ1v) is 7.13. The number of aliphatic carboxylic acids is 1. The van der Waals surface area contributed by atoms with Gasteiger partial charge in [-0.1, -0.05) is 6.92 Å². The van der Waals surface area contributed by atoms with Crippen LogP contribution in [0, 0.1) is 17.1 Å². The number of nitrogens with zero attached hydrogens (tertiary/aromatic N) is 2. The van der Waals surface area contributed by atoms with E-state index < -0.39 is 17.7 Å². The fourth-order valence-electron chi connectivity index (χ4n) is 2.42. The highest BCUT2D eigenvalue weighted by molar-refractivity contribution is 5.80. The van der Waals surface area contributed by atoms with E-state index in [0.29, 0.717) is 22.6 Å². The van der Waals surface area contributed by atoms with Crippen LogP contribution in [0.1, 0.15) is 30.5 Å². The van der Waals surface area contributed by atoms with E-state index in [-0.39, 0.29) is 17.8 Å². The van der Waals surface area contributed by atoms with Crippen molar-refractivity contribution in [1.29, 1.82) is 5.26 Å². The number of pyridine rings is 1. The Morgan fingerprint density at radius 2 is 2.17 bits per heavy atom. The molecule has 7 heteroatoms. The van der Waals surface area contributed by atoms with Crippen LogP contribution in [0.3, 0.4) is 0 Å². The van der Waals surface area contributed by atoms with Crippen LogP contribution in [-0.2, 0) is 4.79 Å². The third-order valence-electron chi connectivity index (χ3n) is 3.62. The molecule has 0 spiro atoms. The molecule has 0 fully saturated rings. The van der Waals surface area contributed by atoms with Crippen LogP contribution >= 0.6 is 0 Å². The first-order valence-electron chi connectivity index (χ1n) is 7.13. The Balaban J connectivity index is 2.69. The molecular weight excluding hydrogens is 313 g/mol. The van der Waals surface area contributed by atoms with Gasteiger partial charge in [0.2, 0.25) is 0 Å². The molecule has 2 aromatic rings. The van der Waals surface area contributed by atoms with Crippen molar-refractivity contribution in [3.8, 4) is 22.9 Å². The van der Waals surface area contributed by atoms with Gasteiger partial charge in [0.1, 0.15) is 29.0 Å². The number of carboxylic acid groups (broad SMARTS) is 1. The zero-order valence-electron chi connectivity index (χ0n) is 13.2. The highest BCUT2D eigenvalue weighted by Crippen LogP contribution is 2.36. The van der Waals surface area contributed by atoms with Crippen LogP contribution in [-0.4, -0.2) is 23.2 Å². The van der Waals surface area contributed by atoms with Gasteiger partial charge in [-0.2, -0.15) is 5.26 Å². The second-order valence-corrected chi connectivity index (χ2v) is 5.31. The minimum absolute atomic E-state index is 0.0337. The summed E-state index contributed by atoms with van der Waals surface area (Å²) in [5, 5.41) is 18.3. The Hall–Kier alpha value is -3.14. The van der Waals surface area contributed by atoms with E-state index in [9.17, 15) is 14.4 Å². The SMILES string of the molecule is COc1ccc(F)cc1-c1cc(C(C)CC(=O)O)nc(N)c1C#N. The molecule has 1 atom stereocenters. The topological polar surface area (TPSA) is 109 Å². The molecule has 0 saturated heterocycles. The molecule has 0 aliphatic rings. The molecule has 0 aliphatic heterocycles. The average Bonchev–Trinajstić information content (AvgIpc) is 2.53. The van der Waals surface area contributed by atoms with Gasteiger partial charge in [-0.05, 0) is 24.3 Å². The summed E-state index contributed by atoms with van der Waals surface area (Å²) in [5.74, 6) is -1.55. The summed E-state index contributed by atoms with van der Waals surface area (Å²) in [6.07, 6.45) is -0.141. The van der Waals surface area contributed by atoms with Gasteiger partial charge in [-0.15, -0.1) is 0 Å². The molecule has 1 aromatic heterocycles. The molecule has 1 heterocycles. The van der Waals surface area contributed by atoms with Gasteiger partial charge < -0.3 is 15.6 Å². The van der Waals surface area contributed by atoms with Crippen LogP contribution < -0.4 is 10.5 Å². The van der Waals surface area contributed by atoms with Crippen molar-refractivity contribution >= 4 is 11.8 Å². The number of benzene rings is 1. The fourth-order valence-corrected chi connectivity index (χ4v) is 2.42. The molecule has 3 N–H and O–H groups in total. The molecule has 0 radical (unpaired) electrons. The number of hydrogen-bond donors (Lipinski definition) is 2. The molecule has 1 aromatic carbocycles. The molecule has 0 saturated carbocycles. The summed E-state index contributed by atoms with van der Waals surface area (Å²) in [6.45, 7) is 1.69. The number of anilines is 1. The highest BCUT2D eigenvalue weighted by Gasteiger charge is 2.20. The number of rotatable bonds is 5. The van der Waals surface area contributed by atoms with Gasteiger partial charge in [0, 0.05) is 22.7 Å². The average molecular weight is 329 g/mol. The lowest BCUT2D eigenvalue weighted by Gasteiger charge is -2.15. The van der Waals surface area contributed by atoms with Gasteiger partial charge in [-0.3, -0.25) is 4.79 Å². The van der Waals surface area contributed by atoms with Crippen LogP contribution in [0.2, 0.25) is 0 Å². The van der Waals surface area contributed by atoms with Gasteiger partial charge in [0.25, 0.3) is 0 Å². The van der Waals surface area contributed by atoms with Crippen molar-refractivity contribution in [2.24, 2.45) is 0 Å². The standard InChI is InChI=1S/C17H16FN3O3/c1-9(5-16(22)23)14-7-11(13(8-19)17(20)21-14)12-6-10(18)3-4-15(12)24-2/h3-4,6-7,9H,5H2,1-2H3,(H2,20,21)(H,22,23). The monoisotopic (exact) mass is 329 g/mol. The van der Waals surface area contributed by atoms with E-state index in [0.717, 1.165) is 0 Å². The third-order valence-corrected chi connectivity index (χ3v) is 3.62. The number of nitrogens with two attached hydrogens (primary N) is 1. The Bertz CT molecular complexity index is 831. The molecule has 24 heavy (non-hydrogen) atoms. The Kier molecular flexibility index (Phi) is 4.99. The van der Waals surface area contributed by atoms with Crippen molar-refractivity contribution in [2.75, 3.05) is 12.8 Å². The number of carboxylic acids is 1. The summed E-state index contributed by atoms with van der Waals surface area (Å²) in [5.41, 5.74) is 7.06. The van der Waals surface area contributed by atoms with Crippen molar-refractivity contribution < 1.29 is 19.0 Å². The zero-order valence-corrected chi connectivity index (χ0v) is 13.2. The third kappa shape index (κ3) is 3.43. The van der Waals surface area contributed by atoms with Crippen molar-refractivity contribution in [1.82, 2.24) is 4.98 Å². The fraction of sp³-hybridized carbons (Fsp3) is 0.235. The number of carbonyl (C=O) groups is 1. The maximum absolute atomic E-state index is 13.7. The summed E-state index contributed by atoms with van der Waals surface area (Å²) in [7, 11) is 1.43. The quantitative estimate of drug-likeness (QED) is 0.873. The van der Waals surface area contributed by atoms with Gasteiger partial charge in [-0.25, -0.2) is 9.37 Å². The van der Waals surface area contributed by atoms with Crippen molar-refractivity contribution in [3.05, 3.63) is 41.3 Å². The maximum atomic E-state index is 13.7. The predicted octanol–water partition coefficient (Wildman–Crippen LogP) is 2.93. The summed E-state index contributed by atoms with van der Waals surface area (Å²) < 4.78 is 18.9. The first kappa shape index (κ1) is 17.2. The predicted molar refractivity (Wildman–Crippen MR) is 86.0 cm³/mol.